The fourth-order valence-electron chi connectivity index (χ4n) is 3.12. The van der Waals surface area contributed by atoms with Crippen LogP contribution in [0.25, 0.3) is 10.9 Å². The predicted octanol–water partition coefficient (Wildman–Crippen LogP) is 4.35. The molecule has 0 unspecified atom stereocenters. The van der Waals surface area contributed by atoms with Crippen LogP contribution >= 0.6 is 22.9 Å². The number of methoxy groups -OCH3 is 1. The molecule has 6 nitrogen and oxygen atoms in total. The van der Waals surface area contributed by atoms with Gasteiger partial charge < -0.3 is 9.64 Å². The molecule has 4 aromatic rings. The van der Waals surface area contributed by atoms with Gasteiger partial charge in [0, 0.05) is 15.6 Å². The number of hydrogen-bond donors (Lipinski definition) is 0. The standard InChI is InChI=1S/C22H18ClN3O3S/c1-29-17-7-5-16(6-8-17)26(12-18-3-2-10-30-18)21(27)13-25-14-24-20-9-4-15(23)11-19(20)22(25)28/h2-11,14H,12-13H2,1H3. The number of halogens is 1. The van der Waals surface area contributed by atoms with Crippen molar-refractivity contribution in [2.24, 2.45) is 0 Å². The summed E-state index contributed by atoms with van der Waals surface area (Å²) in [6, 6.07) is 16.1. The van der Waals surface area contributed by atoms with Crippen molar-refractivity contribution in [3.05, 3.63) is 86.6 Å². The molecule has 0 atom stereocenters. The Morgan fingerprint density at radius 1 is 1.20 bits per heavy atom. The van der Waals surface area contributed by atoms with Gasteiger partial charge in [-0.05, 0) is 53.9 Å². The molecule has 2 aromatic heterocycles. The first-order chi connectivity index (χ1) is 14.5. The van der Waals surface area contributed by atoms with E-state index >= 15 is 0 Å². The van der Waals surface area contributed by atoms with Gasteiger partial charge in [-0.25, -0.2) is 4.98 Å². The Balaban J connectivity index is 1.66. The fourth-order valence-corrected chi connectivity index (χ4v) is 3.98. The number of nitrogens with zero attached hydrogens (tertiary/aromatic N) is 3. The molecule has 4 rings (SSSR count). The largest absolute Gasteiger partial charge is 0.497 e. The van der Waals surface area contributed by atoms with Crippen molar-refractivity contribution in [1.29, 1.82) is 0 Å². The molecule has 0 aliphatic carbocycles. The van der Waals surface area contributed by atoms with E-state index in [0.717, 1.165) is 10.6 Å². The Labute approximate surface area is 181 Å². The van der Waals surface area contributed by atoms with Crippen molar-refractivity contribution in [2.45, 2.75) is 13.1 Å². The number of anilines is 1. The number of fused-ring (bicyclic) bond motifs is 1. The summed E-state index contributed by atoms with van der Waals surface area (Å²) in [6.45, 7) is 0.274. The third-order valence-electron chi connectivity index (χ3n) is 4.67. The van der Waals surface area contributed by atoms with Crippen LogP contribution in [-0.2, 0) is 17.9 Å². The Morgan fingerprint density at radius 3 is 2.70 bits per heavy atom. The molecule has 0 bridgehead atoms. The van der Waals surface area contributed by atoms with Crippen molar-refractivity contribution in [2.75, 3.05) is 12.0 Å². The lowest BCUT2D eigenvalue weighted by Crippen LogP contribution is -2.36. The zero-order chi connectivity index (χ0) is 21.1. The van der Waals surface area contributed by atoms with Gasteiger partial charge in [0.05, 0.1) is 30.9 Å². The quantitative estimate of drug-likeness (QED) is 0.448. The topological polar surface area (TPSA) is 64.4 Å². The number of carbonyl (C=O) groups is 1. The van der Waals surface area contributed by atoms with Gasteiger partial charge in [0.1, 0.15) is 12.3 Å². The second-order valence-electron chi connectivity index (χ2n) is 6.60. The summed E-state index contributed by atoms with van der Waals surface area (Å²) in [5.74, 6) is 0.480. The molecule has 0 N–H and O–H groups in total. The third kappa shape index (κ3) is 4.22. The highest BCUT2D eigenvalue weighted by molar-refractivity contribution is 7.09. The van der Waals surface area contributed by atoms with Crippen LogP contribution in [0, 0.1) is 0 Å². The van der Waals surface area contributed by atoms with Crippen LogP contribution in [0.3, 0.4) is 0 Å². The minimum absolute atomic E-state index is 0.133. The predicted molar refractivity (Wildman–Crippen MR) is 120 cm³/mol. The molecular formula is C22H18ClN3O3S. The monoisotopic (exact) mass is 439 g/mol. The number of carbonyl (C=O) groups excluding carboxylic acids is 1. The fraction of sp³-hybridized carbons (Fsp3) is 0.136. The van der Waals surface area contributed by atoms with Crippen molar-refractivity contribution >= 4 is 45.4 Å². The van der Waals surface area contributed by atoms with Crippen molar-refractivity contribution < 1.29 is 9.53 Å². The number of thiophene rings is 1. The molecular weight excluding hydrogens is 422 g/mol. The van der Waals surface area contributed by atoms with Gasteiger partial charge >= 0.3 is 0 Å². The Hall–Kier alpha value is -3.16. The van der Waals surface area contributed by atoms with Gasteiger partial charge in [0.25, 0.3) is 5.56 Å². The first-order valence-electron chi connectivity index (χ1n) is 9.16. The second kappa shape index (κ2) is 8.69. The number of amides is 1. The van der Waals surface area contributed by atoms with Crippen LogP contribution < -0.4 is 15.2 Å². The van der Waals surface area contributed by atoms with E-state index in [1.807, 2.05) is 29.6 Å². The van der Waals surface area contributed by atoms with Crippen LogP contribution in [0.4, 0.5) is 5.69 Å². The van der Waals surface area contributed by atoms with E-state index in [4.69, 9.17) is 16.3 Å². The molecule has 0 radical (unpaired) electrons. The van der Waals surface area contributed by atoms with Crippen LogP contribution in [0.5, 0.6) is 5.75 Å². The van der Waals surface area contributed by atoms with Crippen molar-refractivity contribution in [3.63, 3.8) is 0 Å². The molecule has 0 saturated heterocycles. The summed E-state index contributed by atoms with van der Waals surface area (Å²) in [7, 11) is 1.59. The maximum Gasteiger partial charge on any atom is 0.261 e. The highest BCUT2D eigenvalue weighted by atomic mass is 35.5. The van der Waals surface area contributed by atoms with Gasteiger partial charge in [-0.2, -0.15) is 0 Å². The summed E-state index contributed by atoms with van der Waals surface area (Å²) >= 11 is 7.59. The van der Waals surface area contributed by atoms with Crippen molar-refractivity contribution in [1.82, 2.24) is 9.55 Å². The molecule has 2 heterocycles. The number of aromatic nitrogens is 2. The highest BCUT2D eigenvalue weighted by Crippen LogP contribution is 2.23. The number of hydrogen-bond acceptors (Lipinski definition) is 5. The number of benzene rings is 2. The lowest BCUT2D eigenvalue weighted by Gasteiger charge is -2.23. The molecule has 0 fully saturated rings. The van der Waals surface area contributed by atoms with Crippen molar-refractivity contribution in [3.8, 4) is 5.75 Å². The maximum absolute atomic E-state index is 13.2. The molecule has 8 heteroatoms. The summed E-state index contributed by atoms with van der Waals surface area (Å²) in [6.07, 6.45) is 1.40. The minimum Gasteiger partial charge on any atom is -0.497 e. The molecule has 152 valence electrons. The maximum atomic E-state index is 13.2. The van der Waals surface area contributed by atoms with E-state index in [-0.39, 0.29) is 18.0 Å². The highest BCUT2D eigenvalue weighted by Gasteiger charge is 2.19. The van der Waals surface area contributed by atoms with Gasteiger partial charge in [-0.1, -0.05) is 17.7 Å². The zero-order valence-corrected chi connectivity index (χ0v) is 17.7. The molecule has 0 spiro atoms. The van der Waals surface area contributed by atoms with E-state index in [0.29, 0.717) is 28.2 Å². The lowest BCUT2D eigenvalue weighted by molar-refractivity contribution is -0.119. The SMILES string of the molecule is COc1ccc(N(Cc2cccs2)C(=O)Cn2cnc3ccc(Cl)cc3c2=O)cc1. The smallest absolute Gasteiger partial charge is 0.261 e. The van der Waals surface area contributed by atoms with E-state index in [1.165, 1.54) is 10.9 Å². The van der Waals surface area contributed by atoms with Crippen LogP contribution in [-0.4, -0.2) is 22.6 Å². The summed E-state index contributed by atoms with van der Waals surface area (Å²) in [5, 5.41) is 2.79. The average molecular weight is 440 g/mol. The minimum atomic E-state index is -0.304. The molecule has 1 amide bonds. The van der Waals surface area contributed by atoms with Crippen LogP contribution in [0.15, 0.2) is 71.1 Å². The summed E-state index contributed by atoms with van der Waals surface area (Å²) < 4.78 is 6.52. The number of ether oxygens (including phenoxy) is 1. The number of rotatable bonds is 6. The molecule has 30 heavy (non-hydrogen) atoms. The zero-order valence-electron chi connectivity index (χ0n) is 16.1. The van der Waals surface area contributed by atoms with Gasteiger partial charge in [0.2, 0.25) is 5.91 Å². The van der Waals surface area contributed by atoms with E-state index in [9.17, 15) is 9.59 Å². The normalized spacial score (nSPS) is 10.9. The molecule has 0 aliphatic heterocycles. The lowest BCUT2D eigenvalue weighted by atomic mass is 10.2. The van der Waals surface area contributed by atoms with Crippen LogP contribution in [0.1, 0.15) is 4.88 Å². The second-order valence-corrected chi connectivity index (χ2v) is 8.07. The van der Waals surface area contributed by atoms with E-state index in [2.05, 4.69) is 4.98 Å². The van der Waals surface area contributed by atoms with Gasteiger partial charge in [-0.3, -0.25) is 14.2 Å². The van der Waals surface area contributed by atoms with Gasteiger partial charge in [-0.15, -0.1) is 11.3 Å². The first-order valence-corrected chi connectivity index (χ1v) is 10.4. The average Bonchev–Trinajstić information content (AvgIpc) is 3.28. The summed E-state index contributed by atoms with van der Waals surface area (Å²) in [5.41, 5.74) is 0.958. The molecule has 0 aliphatic rings. The van der Waals surface area contributed by atoms with Gasteiger partial charge in [0.15, 0.2) is 0 Å². The Kier molecular flexibility index (Phi) is 5.83. The Morgan fingerprint density at radius 2 is 2.00 bits per heavy atom. The van der Waals surface area contributed by atoms with Crippen LogP contribution in [0.2, 0.25) is 5.02 Å². The third-order valence-corrected chi connectivity index (χ3v) is 5.77. The van der Waals surface area contributed by atoms with E-state index < -0.39 is 0 Å². The summed E-state index contributed by atoms with van der Waals surface area (Å²) in [4.78, 5) is 33.1. The van der Waals surface area contributed by atoms with E-state index in [1.54, 1.807) is 53.7 Å². The Bertz CT molecular complexity index is 1240. The molecule has 0 saturated carbocycles. The first kappa shape index (κ1) is 20.1. The molecule has 2 aromatic carbocycles.